The van der Waals surface area contributed by atoms with E-state index in [1.807, 2.05) is 30.3 Å². The van der Waals surface area contributed by atoms with Crippen LogP contribution in [0, 0.1) is 10.1 Å². The summed E-state index contributed by atoms with van der Waals surface area (Å²) in [5, 5.41) is 11.2. The number of alkyl halides is 1. The van der Waals surface area contributed by atoms with E-state index in [4.69, 9.17) is 16.3 Å². The lowest BCUT2D eigenvalue weighted by atomic mass is 9.99. The van der Waals surface area contributed by atoms with Gasteiger partial charge in [-0.1, -0.05) is 30.3 Å². The minimum atomic E-state index is -0.699. The Morgan fingerprint density at radius 2 is 2.04 bits per heavy atom. The third-order valence-corrected chi connectivity index (χ3v) is 4.35. The van der Waals surface area contributed by atoms with Crippen molar-refractivity contribution < 1.29 is 14.5 Å². The Bertz CT molecular complexity index is 866. The van der Waals surface area contributed by atoms with Gasteiger partial charge in [0, 0.05) is 30.4 Å². The van der Waals surface area contributed by atoms with Crippen molar-refractivity contribution in [3.63, 3.8) is 0 Å². The molecule has 1 unspecified atom stereocenters. The van der Waals surface area contributed by atoms with Gasteiger partial charge in [-0.2, -0.15) is 0 Å². The molecule has 2 aromatic rings. The lowest BCUT2D eigenvalue weighted by Crippen LogP contribution is -2.44. The molecule has 0 fully saturated rings. The Morgan fingerprint density at radius 1 is 1.31 bits per heavy atom. The Labute approximate surface area is 155 Å². The van der Waals surface area contributed by atoms with Crippen LogP contribution in [-0.2, 0) is 9.53 Å². The largest absolute Gasteiger partial charge is 0.360 e. The van der Waals surface area contributed by atoms with Crippen molar-refractivity contribution >= 4 is 34.6 Å². The van der Waals surface area contributed by atoms with Crippen LogP contribution in [0.4, 0.5) is 11.4 Å². The zero-order valence-electron chi connectivity index (χ0n) is 14.0. The maximum absolute atomic E-state index is 12.7. The molecule has 0 bridgehead atoms. The number of benzene rings is 2. The summed E-state index contributed by atoms with van der Waals surface area (Å²) in [4.78, 5) is 29.3. The van der Waals surface area contributed by atoms with E-state index >= 15 is 0 Å². The molecule has 0 saturated carbocycles. The van der Waals surface area contributed by atoms with Gasteiger partial charge < -0.3 is 4.74 Å². The number of nitro groups is 1. The van der Waals surface area contributed by atoms with Crippen molar-refractivity contribution in [2.75, 3.05) is 24.4 Å². The van der Waals surface area contributed by atoms with Crippen LogP contribution in [0.2, 0.25) is 0 Å². The highest BCUT2D eigenvalue weighted by atomic mass is 35.5. The van der Waals surface area contributed by atoms with Gasteiger partial charge in [-0.3, -0.25) is 24.8 Å². The molecule has 0 aromatic heterocycles. The summed E-state index contributed by atoms with van der Waals surface area (Å²) >= 11 is 5.96. The van der Waals surface area contributed by atoms with Gasteiger partial charge in [0.25, 0.3) is 11.6 Å². The van der Waals surface area contributed by atoms with Gasteiger partial charge in [-0.05, 0) is 6.07 Å². The molecular formula is C18H16ClN3O4. The van der Waals surface area contributed by atoms with Gasteiger partial charge in [0.05, 0.1) is 22.2 Å². The summed E-state index contributed by atoms with van der Waals surface area (Å²) in [5.41, 5.74) is 2.17. The van der Waals surface area contributed by atoms with E-state index in [1.165, 1.54) is 30.2 Å². The smallest absolute Gasteiger partial charge is 0.270 e. The highest BCUT2D eigenvalue weighted by Crippen LogP contribution is 2.32. The van der Waals surface area contributed by atoms with Crippen molar-refractivity contribution in [1.82, 2.24) is 0 Å². The molecule has 0 aliphatic carbocycles. The van der Waals surface area contributed by atoms with Gasteiger partial charge in [0.1, 0.15) is 12.8 Å². The van der Waals surface area contributed by atoms with Crippen molar-refractivity contribution in [1.29, 1.82) is 0 Å². The van der Waals surface area contributed by atoms with Crippen molar-refractivity contribution in [2.24, 2.45) is 4.99 Å². The van der Waals surface area contributed by atoms with Crippen molar-refractivity contribution in [3.8, 4) is 0 Å². The van der Waals surface area contributed by atoms with Crippen molar-refractivity contribution in [3.05, 3.63) is 69.8 Å². The quantitative estimate of drug-likeness (QED) is 0.458. The highest BCUT2D eigenvalue weighted by molar-refractivity contribution is 6.21. The first-order chi connectivity index (χ1) is 12.6. The fourth-order valence-corrected chi connectivity index (χ4v) is 3.14. The normalized spacial score (nSPS) is 15.1. The molecule has 3 rings (SSSR count). The lowest BCUT2D eigenvalue weighted by molar-refractivity contribution is -0.384. The van der Waals surface area contributed by atoms with Gasteiger partial charge in [0.2, 0.25) is 0 Å². The fraction of sp³-hybridized carbons (Fsp3) is 0.222. The maximum atomic E-state index is 12.7. The minimum absolute atomic E-state index is 0.0549. The Balaban J connectivity index is 2.24. The summed E-state index contributed by atoms with van der Waals surface area (Å²) in [6, 6.07) is 13.6. The Kier molecular flexibility index (Phi) is 5.29. The molecule has 7 nitrogen and oxygen atoms in total. The van der Waals surface area contributed by atoms with E-state index in [1.54, 1.807) is 0 Å². The number of halogens is 1. The number of rotatable bonds is 5. The second kappa shape index (κ2) is 7.63. The van der Waals surface area contributed by atoms with E-state index in [-0.39, 0.29) is 24.0 Å². The van der Waals surface area contributed by atoms with Crippen LogP contribution in [0.15, 0.2) is 53.5 Å². The maximum Gasteiger partial charge on any atom is 0.270 e. The number of hydrogen-bond donors (Lipinski definition) is 0. The number of nitrogens with zero attached hydrogens (tertiary/aromatic N) is 3. The number of carbonyl (C=O) groups excluding carboxylic acids is 1. The number of hydrogen-bond acceptors (Lipinski definition) is 5. The van der Waals surface area contributed by atoms with Crippen LogP contribution in [0.1, 0.15) is 11.1 Å². The number of aliphatic imine (C=N–C) groups is 1. The average Bonchev–Trinajstić information content (AvgIpc) is 2.80. The molecule has 1 amide bonds. The summed E-state index contributed by atoms with van der Waals surface area (Å²) in [5.74, 6) is -0.238. The van der Waals surface area contributed by atoms with Crippen LogP contribution in [-0.4, -0.2) is 42.3 Å². The molecule has 26 heavy (non-hydrogen) atoms. The third kappa shape index (κ3) is 3.31. The number of ether oxygens (including phenoxy) is 1. The van der Waals surface area contributed by atoms with E-state index in [0.717, 1.165) is 5.56 Å². The van der Waals surface area contributed by atoms with Gasteiger partial charge in [-0.15, -0.1) is 11.6 Å². The van der Waals surface area contributed by atoms with Crippen LogP contribution < -0.4 is 4.90 Å². The predicted octanol–water partition coefficient (Wildman–Crippen LogP) is 2.99. The number of carbonyl (C=O) groups is 1. The molecule has 0 radical (unpaired) electrons. The van der Waals surface area contributed by atoms with E-state index in [9.17, 15) is 14.9 Å². The molecular weight excluding hydrogens is 358 g/mol. The average molecular weight is 374 g/mol. The Morgan fingerprint density at radius 3 is 2.65 bits per heavy atom. The molecule has 134 valence electrons. The third-order valence-electron chi connectivity index (χ3n) is 4.09. The minimum Gasteiger partial charge on any atom is -0.360 e. The molecule has 0 spiro atoms. The first-order valence-corrected chi connectivity index (χ1v) is 8.39. The summed E-state index contributed by atoms with van der Waals surface area (Å²) in [6.07, 6.45) is -0.699. The summed E-state index contributed by atoms with van der Waals surface area (Å²) in [6.45, 7) is -0.108. The lowest BCUT2D eigenvalue weighted by Gasteiger charge is -2.29. The zero-order valence-corrected chi connectivity index (χ0v) is 14.7. The molecule has 1 atom stereocenters. The number of methoxy groups -OCH3 is 1. The molecule has 2 aromatic carbocycles. The number of fused-ring (bicyclic) bond motifs is 1. The summed E-state index contributed by atoms with van der Waals surface area (Å²) in [7, 11) is 1.45. The van der Waals surface area contributed by atoms with Gasteiger partial charge in [-0.25, -0.2) is 0 Å². The molecule has 1 aliphatic rings. The van der Waals surface area contributed by atoms with Crippen LogP contribution in [0.5, 0.6) is 0 Å². The van der Waals surface area contributed by atoms with Gasteiger partial charge in [0.15, 0.2) is 0 Å². The topological polar surface area (TPSA) is 85.0 Å². The van der Waals surface area contributed by atoms with Gasteiger partial charge >= 0.3 is 0 Å². The van der Waals surface area contributed by atoms with E-state index in [0.29, 0.717) is 17.0 Å². The molecule has 8 heteroatoms. The van der Waals surface area contributed by atoms with Crippen LogP contribution >= 0.6 is 11.6 Å². The highest BCUT2D eigenvalue weighted by Gasteiger charge is 2.31. The predicted molar refractivity (Wildman–Crippen MR) is 99.0 cm³/mol. The molecule has 1 aliphatic heterocycles. The molecule has 1 heterocycles. The van der Waals surface area contributed by atoms with Crippen LogP contribution in [0.25, 0.3) is 0 Å². The zero-order chi connectivity index (χ0) is 18.7. The van der Waals surface area contributed by atoms with Crippen molar-refractivity contribution in [2.45, 2.75) is 6.23 Å². The second-order valence-electron chi connectivity index (χ2n) is 5.60. The van der Waals surface area contributed by atoms with Crippen LogP contribution in [0.3, 0.4) is 0 Å². The molecule has 0 saturated heterocycles. The van der Waals surface area contributed by atoms with E-state index < -0.39 is 11.2 Å². The Hall–Kier alpha value is -2.77. The number of nitro benzene ring substituents is 1. The number of amides is 1. The first kappa shape index (κ1) is 18.0. The van der Waals surface area contributed by atoms with E-state index in [2.05, 4.69) is 4.99 Å². The molecule has 0 N–H and O–H groups in total. The first-order valence-electron chi connectivity index (χ1n) is 7.86. The summed E-state index contributed by atoms with van der Waals surface area (Å²) < 4.78 is 5.33. The standard InChI is InChI=1S/C18H16ClN3O4/c1-26-17(10-19)21-15-8-7-13(22(24)25)9-14(15)18(20-11-16(21)23)12-5-3-2-4-6-12/h2-9,17H,10-11H2,1H3. The fourth-order valence-electron chi connectivity index (χ4n) is 2.88. The number of anilines is 1. The monoisotopic (exact) mass is 373 g/mol. The number of benzodiazepines with no additional fused rings is 1. The number of non-ortho nitro benzene ring substituents is 1. The SMILES string of the molecule is COC(CCl)N1C(=O)CN=C(c2ccccc2)c2cc([N+](=O)[O-])ccc21. The second-order valence-corrected chi connectivity index (χ2v) is 5.91.